The maximum atomic E-state index is 12.9. The fourth-order valence-electron chi connectivity index (χ4n) is 1.49. The Kier molecular flexibility index (Phi) is 4.71. The Balaban J connectivity index is 1.96. The Hall–Kier alpha value is -2.48. The fraction of sp³-hybridized carbons (Fsp3) is 0.154. The highest BCUT2D eigenvalue weighted by Gasteiger charge is 2.42. The van der Waals surface area contributed by atoms with Gasteiger partial charge in [-0.3, -0.25) is 0 Å². The number of rotatable bonds is 6. The lowest BCUT2D eigenvalue weighted by Crippen LogP contribution is -2.34. The van der Waals surface area contributed by atoms with Crippen molar-refractivity contribution in [2.45, 2.75) is 12.7 Å². The molecular formula is C13H10ClF2N3O3. The molecule has 0 spiro atoms. The average molecular weight is 330 g/mol. The molecule has 0 radical (unpaired) electrons. The number of alkyl halides is 2. The molecule has 6 nitrogen and oxygen atoms in total. The topological polar surface area (TPSA) is 84.3 Å². The number of carboxylic acids is 1. The van der Waals surface area contributed by atoms with E-state index in [1.54, 1.807) is 0 Å². The number of carboxylic acid groups (broad SMARTS) is 1. The number of halogens is 3. The molecule has 0 saturated carbocycles. The molecule has 0 fully saturated rings. The van der Waals surface area contributed by atoms with Crippen LogP contribution in [0.3, 0.4) is 0 Å². The van der Waals surface area contributed by atoms with E-state index in [-0.39, 0.29) is 10.9 Å². The Bertz CT molecular complexity index is 668. The van der Waals surface area contributed by atoms with Crippen LogP contribution in [0, 0.1) is 0 Å². The van der Waals surface area contributed by atoms with Gasteiger partial charge in [0.05, 0.1) is 0 Å². The Labute approximate surface area is 128 Å². The molecule has 2 aromatic rings. The monoisotopic (exact) mass is 329 g/mol. The second-order valence-corrected chi connectivity index (χ2v) is 4.53. The second-order valence-electron chi connectivity index (χ2n) is 4.15. The van der Waals surface area contributed by atoms with E-state index in [1.165, 1.54) is 36.7 Å². The summed E-state index contributed by atoms with van der Waals surface area (Å²) >= 11 is 5.71. The summed E-state index contributed by atoms with van der Waals surface area (Å²) in [6, 6.07) is 7.07. The van der Waals surface area contributed by atoms with Crippen LogP contribution in [0.2, 0.25) is 5.15 Å². The number of carbonyl (C=O) groups is 1. The van der Waals surface area contributed by atoms with Crippen molar-refractivity contribution in [3.05, 3.63) is 47.4 Å². The molecule has 0 saturated heterocycles. The van der Waals surface area contributed by atoms with Gasteiger partial charge >= 0.3 is 12.1 Å². The molecule has 0 aliphatic rings. The maximum Gasteiger partial charge on any atom is 0.501 e. The molecule has 0 bridgehead atoms. The molecule has 22 heavy (non-hydrogen) atoms. The third-order valence-corrected chi connectivity index (χ3v) is 2.73. The lowest BCUT2D eigenvalue weighted by molar-refractivity contribution is -0.210. The highest BCUT2D eigenvalue weighted by Crippen LogP contribution is 2.22. The van der Waals surface area contributed by atoms with Gasteiger partial charge in [0.1, 0.15) is 23.0 Å². The summed E-state index contributed by atoms with van der Waals surface area (Å²) in [5.74, 6) is -2.09. The van der Waals surface area contributed by atoms with Gasteiger partial charge in [0, 0.05) is 12.6 Å². The van der Waals surface area contributed by atoms with Crippen molar-refractivity contribution in [2.75, 3.05) is 5.32 Å². The second kappa shape index (κ2) is 6.52. The van der Waals surface area contributed by atoms with Crippen molar-refractivity contribution in [3.8, 4) is 5.75 Å². The normalized spacial score (nSPS) is 11.0. The van der Waals surface area contributed by atoms with Crippen LogP contribution in [0.4, 0.5) is 14.6 Å². The van der Waals surface area contributed by atoms with Crippen molar-refractivity contribution in [3.63, 3.8) is 0 Å². The summed E-state index contributed by atoms with van der Waals surface area (Å²) in [5.41, 5.74) is 0.751. The van der Waals surface area contributed by atoms with Gasteiger partial charge < -0.3 is 15.2 Å². The number of aromatic nitrogens is 2. The minimum absolute atomic E-state index is 0.249. The number of nitrogens with one attached hydrogen (secondary N) is 1. The molecule has 1 aromatic heterocycles. The first-order valence-corrected chi connectivity index (χ1v) is 6.35. The zero-order valence-corrected chi connectivity index (χ0v) is 11.7. The lowest BCUT2D eigenvalue weighted by atomic mass is 10.2. The summed E-state index contributed by atoms with van der Waals surface area (Å²) in [4.78, 5) is 17.9. The Morgan fingerprint density at radius 3 is 2.59 bits per heavy atom. The van der Waals surface area contributed by atoms with Gasteiger partial charge in [0.2, 0.25) is 0 Å². The van der Waals surface area contributed by atoms with E-state index in [2.05, 4.69) is 20.0 Å². The van der Waals surface area contributed by atoms with Crippen molar-refractivity contribution in [2.24, 2.45) is 0 Å². The molecule has 1 aromatic carbocycles. The van der Waals surface area contributed by atoms with Crippen LogP contribution in [0.25, 0.3) is 0 Å². The quantitative estimate of drug-likeness (QED) is 0.793. The minimum atomic E-state index is -4.27. The smallest absolute Gasteiger partial charge is 0.474 e. The lowest BCUT2D eigenvalue weighted by Gasteiger charge is -2.13. The molecule has 1 heterocycles. The number of hydrogen-bond acceptors (Lipinski definition) is 5. The predicted molar refractivity (Wildman–Crippen MR) is 74.0 cm³/mol. The van der Waals surface area contributed by atoms with Crippen molar-refractivity contribution < 1.29 is 23.4 Å². The summed E-state index contributed by atoms with van der Waals surface area (Å²) in [7, 11) is 0. The zero-order valence-electron chi connectivity index (χ0n) is 11.0. The molecule has 116 valence electrons. The van der Waals surface area contributed by atoms with Gasteiger partial charge in [0.15, 0.2) is 0 Å². The van der Waals surface area contributed by atoms with Crippen LogP contribution in [0.1, 0.15) is 5.56 Å². The Morgan fingerprint density at radius 2 is 2.00 bits per heavy atom. The highest BCUT2D eigenvalue weighted by atomic mass is 35.5. The van der Waals surface area contributed by atoms with E-state index >= 15 is 0 Å². The van der Waals surface area contributed by atoms with Crippen molar-refractivity contribution in [1.29, 1.82) is 0 Å². The molecule has 0 aliphatic carbocycles. The average Bonchev–Trinajstić information content (AvgIpc) is 2.46. The highest BCUT2D eigenvalue weighted by molar-refractivity contribution is 6.29. The van der Waals surface area contributed by atoms with E-state index in [4.69, 9.17) is 16.7 Å². The van der Waals surface area contributed by atoms with Crippen LogP contribution in [0.5, 0.6) is 5.75 Å². The molecule has 9 heteroatoms. The van der Waals surface area contributed by atoms with Gasteiger partial charge in [-0.15, -0.1) is 0 Å². The van der Waals surface area contributed by atoms with Crippen LogP contribution in [0.15, 0.2) is 36.7 Å². The maximum absolute atomic E-state index is 12.9. The first-order chi connectivity index (χ1) is 10.4. The van der Waals surface area contributed by atoms with Crippen LogP contribution >= 0.6 is 11.6 Å². The largest absolute Gasteiger partial charge is 0.501 e. The van der Waals surface area contributed by atoms with Gasteiger partial charge in [0.25, 0.3) is 0 Å². The van der Waals surface area contributed by atoms with E-state index in [9.17, 15) is 13.6 Å². The third-order valence-electron chi connectivity index (χ3n) is 2.53. The van der Waals surface area contributed by atoms with E-state index in [0.717, 1.165) is 5.56 Å². The van der Waals surface area contributed by atoms with Crippen LogP contribution < -0.4 is 10.1 Å². The molecule has 0 atom stereocenters. The number of aliphatic carboxylic acids is 1. The molecule has 0 unspecified atom stereocenters. The summed E-state index contributed by atoms with van der Waals surface area (Å²) in [6.07, 6.45) is -2.97. The fourth-order valence-corrected chi connectivity index (χ4v) is 1.64. The van der Waals surface area contributed by atoms with Gasteiger partial charge in [-0.05, 0) is 17.7 Å². The van der Waals surface area contributed by atoms with Crippen molar-refractivity contribution in [1.82, 2.24) is 9.97 Å². The molecule has 0 amide bonds. The molecule has 0 aliphatic heterocycles. The van der Waals surface area contributed by atoms with Crippen LogP contribution in [-0.4, -0.2) is 27.2 Å². The predicted octanol–water partition coefficient (Wildman–Crippen LogP) is 2.80. The van der Waals surface area contributed by atoms with E-state index in [0.29, 0.717) is 12.4 Å². The molecular weight excluding hydrogens is 320 g/mol. The molecule has 2 N–H and O–H groups in total. The van der Waals surface area contributed by atoms with Gasteiger partial charge in [-0.1, -0.05) is 23.7 Å². The first kappa shape index (κ1) is 15.9. The van der Waals surface area contributed by atoms with Crippen molar-refractivity contribution >= 4 is 23.4 Å². The van der Waals surface area contributed by atoms with Gasteiger partial charge in [-0.2, -0.15) is 8.78 Å². The summed E-state index contributed by atoms with van der Waals surface area (Å²) < 4.78 is 29.9. The SMILES string of the molecule is O=C(O)C(F)(F)Oc1ccc(CNc2cc(Cl)ncn2)cc1. The standard InChI is InChI=1S/C13H10ClF2N3O3/c14-10-5-11(19-7-18-10)17-6-8-1-3-9(4-2-8)22-13(15,16)12(20)21/h1-5,7H,6H2,(H,20,21)(H,17,18,19). The molecule has 2 rings (SSSR count). The number of anilines is 1. The minimum Gasteiger partial charge on any atom is -0.474 e. The van der Waals surface area contributed by atoms with Crippen LogP contribution in [-0.2, 0) is 11.3 Å². The summed E-state index contributed by atoms with van der Waals surface area (Å²) in [5, 5.41) is 11.5. The number of nitrogens with zero attached hydrogens (tertiary/aromatic N) is 2. The Morgan fingerprint density at radius 1 is 1.32 bits per heavy atom. The van der Waals surface area contributed by atoms with Gasteiger partial charge in [-0.25, -0.2) is 14.8 Å². The first-order valence-electron chi connectivity index (χ1n) is 5.97. The number of hydrogen-bond donors (Lipinski definition) is 2. The zero-order chi connectivity index (χ0) is 16.2. The number of ether oxygens (including phenoxy) is 1. The van der Waals surface area contributed by atoms with E-state index in [1.807, 2.05) is 0 Å². The third kappa shape index (κ3) is 4.26. The number of benzene rings is 1. The van der Waals surface area contributed by atoms with E-state index < -0.39 is 12.1 Å². The summed E-state index contributed by atoms with van der Waals surface area (Å²) in [6.45, 7) is 0.364.